The Hall–Kier alpha value is -2.82. The molecule has 0 radical (unpaired) electrons. The SMILES string of the molecule is CC(C)(C)OC(=O)N1CCC(Oc2ccc(NC(=O)CC#N)cc2F)CC1. The van der Waals surface area contributed by atoms with Crippen molar-refractivity contribution in [3.63, 3.8) is 0 Å². The number of likely N-dealkylation sites (tertiary alicyclic amines) is 1. The van der Waals surface area contributed by atoms with Crippen LogP contribution >= 0.6 is 0 Å². The van der Waals surface area contributed by atoms with E-state index in [2.05, 4.69) is 5.32 Å². The predicted octanol–water partition coefficient (Wildman–Crippen LogP) is 3.46. The second kappa shape index (κ2) is 8.71. The summed E-state index contributed by atoms with van der Waals surface area (Å²) in [5.41, 5.74) is -0.280. The molecule has 0 aliphatic carbocycles. The molecule has 1 aliphatic rings. The molecule has 1 saturated heterocycles. The number of benzene rings is 1. The van der Waals surface area contributed by atoms with Gasteiger partial charge in [-0.05, 0) is 32.9 Å². The molecule has 0 bridgehead atoms. The first-order chi connectivity index (χ1) is 12.7. The molecule has 0 unspecified atom stereocenters. The molecule has 7 nitrogen and oxygen atoms in total. The molecular weight excluding hydrogens is 353 g/mol. The first-order valence-corrected chi connectivity index (χ1v) is 8.79. The smallest absolute Gasteiger partial charge is 0.410 e. The van der Waals surface area contributed by atoms with E-state index in [0.29, 0.717) is 25.9 Å². The van der Waals surface area contributed by atoms with Gasteiger partial charge in [0.2, 0.25) is 5.91 Å². The van der Waals surface area contributed by atoms with Crippen molar-refractivity contribution < 1.29 is 23.5 Å². The second-order valence-corrected chi connectivity index (χ2v) is 7.31. The monoisotopic (exact) mass is 377 g/mol. The highest BCUT2D eigenvalue weighted by Gasteiger charge is 2.28. The summed E-state index contributed by atoms with van der Waals surface area (Å²) in [6, 6.07) is 5.84. The summed E-state index contributed by atoms with van der Waals surface area (Å²) in [4.78, 5) is 25.0. The number of halogens is 1. The number of carbonyl (C=O) groups excluding carboxylic acids is 2. The van der Waals surface area contributed by atoms with Gasteiger partial charge in [0.25, 0.3) is 0 Å². The molecule has 1 N–H and O–H groups in total. The van der Waals surface area contributed by atoms with E-state index in [1.54, 1.807) is 11.0 Å². The number of nitrogens with one attached hydrogen (secondary N) is 1. The number of ether oxygens (including phenoxy) is 2. The van der Waals surface area contributed by atoms with E-state index in [1.165, 1.54) is 12.1 Å². The van der Waals surface area contributed by atoms with Crippen LogP contribution in [0.25, 0.3) is 0 Å². The van der Waals surface area contributed by atoms with E-state index in [0.717, 1.165) is 6.07 Å². The Bertz CT molecular complexity index is 731. The first kappa shape index (κ1) is 20.5. The van der Waals surface area contributed by atoms with Crippen LogP contribution in [0, 0.1) is 17.1 Å². The van der Waals surface area contributed by atoms with Crippen LogP contribution in [0.15, 0.2) is 18.2 Å². The Kier molecular flexibility index (Phi) is 6.61. The highest BCUT2D eigenvalue weighted by molar-refractivity contribution is 5.92. The summed E-state index contributed by atoms with van der Waals surface area (Å²) in [5, 5.41) is 10.9. The van der Waals surface area contributed by atoms with Gasteiger partial charge < -0.3 is 19.7 Å². The van der Waals surface area contributed by atoms with E-state index < -0.39 is 17.3 Å². The van der Waals surface area contributed by atoms with Gasteiger partial charge in [0.05, 0.1) is 6.07 Å². The van der Waals surface area contributed by atoms with Crippen LogP contribution in [0.3, 0.4) is 0 Å². The third-order valence-electron chi connectivity index (χ3n) is 3.84. The lowest BCUT2D eigenvalue weighted by Gasteiger charge is -2.33. The second-order valence-electron chi connectivity index (χ2n) is 7.31. The van der Waals surface area contributed by atoms with Crippen molar-refractivity contribution in [1.29, 1.82) is 5.26 Å². The van der Waals surface area contributed by atoms with Crippen LogP contribution in [-0.2, 0) is 9.53 Å². The molecule has 2 rings (SSSR count). The molecule has 1 aliphatic heterocycles. The minimum Gasteiger partial charge on any atom is -0.487 e. The number of amides is 2. The van der Waals surface area contributed by atoms with Gasteiger partial charge in [-0.15, -0.1) is 0 Å². The summed E-state index contributed by atoms with van der Waals surface area (Å²) >= 11 is 0. The highest BCUT2D eigenvalue weighted by Crippen LogP contribution is 2.25. The Morgan fingerprint density at radius 1 is 1.33 bits per heavy atom. The lowest BCUT2D eigenvalue weighted by Crippen LogP contribution is -2.44. The first-order valence-electron chi connectivity index (χ1n) is 8.79. The van der Waals surface area contributed by atoms with Crippen LogP contribution in [0.2, 0.25) is 0 Å². The van der Waals surface area contributed by atoms with Gasteiger partial charge in [0.1, 0.15) is 18.1 Å². The number of piperidine rings is 1. The molecule has 0 spiro atoms. The van der Waals surface area contributed by atoms with Crippen molar-refractivity contribution in [3.8, 4) is 11.8 Å². The fourth-order valence-electron chi connectivity index (χ4n) is 2.61. The largest absolute Gasteiger partial charge is 0.487 e. The molecule has 1 heterocycles. The Balaban J connectivity index is 1.87. The van der Waals surface area contributed by atoms with Gasteiger partial charge in [-0.25, -0.2) is 9.18 Å². The third kappa shape index (κ3) is 6.44. The van der Waals surface area contributed by atoms with Crippen molar-refractivity contribution in [2.24, 2.45) is 0 Å². The molecule has 8 heteroatoms. The summed E-state index contributed by atoms with van der Waals surface area (Å²) < 4.78 is 25.3. The van der Waals surface area contributed by atoms with Gasteiger partial charge in [0.15, 0.2) is 11.6 Å². The minimum absolute atomic E-state index is 0.0870. The molecule has 2 amide bonds. The summed E-state index contributed by atoms with van der Waals surface area (Å²) in [6.45, 7) is 6.40. The van der Waals surface area contributed by atoms with Crippen molar-refractivity contribution in [1.82, 2.24) is 4.90 Å². The number of nitriles is 1. The van der Waals surface area contributed by atoms with Crippen LogP contribution in [0.1, 0.15) is 40.0 Å². The fourth-order valence-corrected chi connectivity index (χ4v) is 2.61. The number of carbonyl (C=O) groups is 2. The lowest BCUT2D eigenvalue weighted by molar-refractivity contribution is -0.115. The van der Waals surface area contributed by atoms with Crippen LogP contribution in [0.4, 0.5) is 14.9 Å². The lowest BCUT2D eigenvalue weighted by atomic mass is 10.1. The molecule has 1 aromatic rings. The van der Waals surface area contributed by atoms with Crippen molar-refractivity contribution in [3.05, 3.63) is 24.0 Å². The Labute approximate surface area is 158 Å². The highest BCUT2D eigenvalue weighted by atomic mass is 19.1. The number of hydrogen-bond donors (Lipinski definition) is 1. The molecule has 0 saturated carbocycles. The van der Waals surface area contributed by atoms with E-state index in [1.807, 2.05) is 20.8 Å². The molecule has 1 fully saturated rings. The van der Waals surface area contributed by atoms with E-state index in [-0.39, 0.29) is 30.1 Å². The maximum Gasteiger partial charge on any atom is 0.410 e. The summed E-state index contributed by atoms with van der Waals surface area (Å²) in [5.74, 6) is -1.01. The number of hydrogen-bond acceptors (Lipinski definition) is 5. The van der Waals surface area contributed by atoms with Crippen molar-refractivity contribution >= 4 is 17.7 Å². The molecule has 1 aromatic carbocycles. The van der Waals surface area contributed by atoms with Crippen LogP contribution in [0.5, 0.6) is 5.75 Å². The molecular formula is C19H24FN3O4. The summed E-state index contributed by atoms with van der Waals surface area (Å²) in [6.07, 6.45) is 0.274. The molecule has 0 aromatic heterocycles. The third-order valence-corrected chi connectivity index (χ3v) is 3.84. The average molecular weight is 377 g/mol. The van der Waals surface area contributed by atoms with Gasteiger partial charge in [-0.2, -0.15) is 5.26 Å². The van der Waals surface area contributed by atoms with E-state index >= 15 is 0 Å². The predicted molar refractivity (Wildman–Crippen MR) is 96.7 cm³/mol. The fraction of sp³-hybridized carbons (Fsp3) is 0.526. The molecule has 27 heavy (non-hydrogen) atoms. The van der Waals surface area contributed by atoms with Gasteiger partial charge in [-0.1, -0.05) is 0 Å². The van der Waals surface area contributed by atoms with Crippen LogP contribution < -0.4 is 10.1 Å². The Morgan fingerprint density at radius 3 is 2.56 bits per heavy atom. The zero-order valence-electron chi connectivity index (χ0n) is 15.8. The maximum atomic E-state index is 14.2. The quantitative estimate of drug-likeness (QED) is 0.868. The van der Waals surface area contributed by atoms with Gasteiger partial charge in [-0.3, -0.25) is 4.79 Å². The average Bonchev–Trinajstić information content (AvgIpc) is 2.56. The number of nitrogens with zero attached hydrogens (tertiary/aromatic N) is 2. The van der Waals surface area contributed by atoms with E-state index in [4.69, 9.17) is 14.7 Å². The summed E-state index contributed by atoms with van der Waals surface area (Å²) in [7, 11) is 0. The minimum atomic E-state index is -0.598. The zero-order valence-corrected chi connectivity index (χ0v) is 15.8. The Morgan fingerprint density at radius 2 is 2.00 bits per heavy atom. The normalized spacial score (nSPS) is 15.0. The van der Waals surface area contributed by atoms with Crippen LogP contribution in [-0.4, -0.2) is 41.7 Å². The standard InChI is InChI=1S/C19H24FN3O4/c1-19(2,3)27-18(25)23-10-7-14(8-11-23)26-16-5-4-13(12-15(16)20)22-17(24)6-9-21/h4-5,12,14H,6-8,10-11H2,1-3H3,(H,22,24). The number of rotatable bonds is 4. The van der Waals surface area contributed by atoms with Crippen molar-refractivity contribution in [2.45, 2.75) is 51.7 Å². The van der Waals surface area contributed by atoms with Crippen molar-refractivity contribution in [2.75, 3.05) is 18.4 Å². The maximum absolute atomic E-state index is 14.2. The van der Waals surface area contributed by atoms with Gasteiger partial charge >= 0.3 is 6.09 Å². The topological polar surface area (TPSA) is 91.7 Å². The van der Waals surface area contributed by atoms with E-state index in [9.17, 15) is 14.0 Å². The van der Waals surface area contributed by atoms with Gasteiger partial charge in [0, 0.05) is 37.7 Å². The molecule has 0 atom stereocenters. The molecule has 146 valence electrons. The number of anilines is 1. The zero-order chi connectivity index (χ0) is 20.0.